The van der Waals surface area contributed by atoms with Crippen LogP contribution in [-0.4, -0.2) is 5.11 Å². The maximum absolute atomic E-state index is 10.7. The van der Waals surface area contributed by atoms with E-state index in [1.54, 1.807) is 0 Å². The Morgan fingerprint density at radius 2 is 2.04 bits per heavy atom. The minimum atomic E-state index is 0. The van der Waals surface area contributed by atoms with Crippen LogP contribution < -0.4 is 0 Å². The van der Waals surface area contributed by atoms with Crippen LogP contribution in [0.25, 0.3) is 11.6 Å². The van der Waals surface area contributed by atoms with E-state index in [4.69, 9.17) is 0 Å². The van der Waals surface area contributed by atoms with Crippen LogP contribution in [0.3, 0.4) is 0 Å². The summed E-state index contributed by atoms with van der Waals surface area (Å²) in [5, 5.41) is 10.7. The normalized spacial score (nSPS) is 19.8. The first-order chi connectivity index (χ1) is 12.5. The molecule has 2 unspecified atom stereocenters. The van der Waals surface area contributed by atoms with Crippen molar-refractivity contribution in [1.82, 2.24) is 0 Å². The van der Waals surface area contributed by atoms with Gasteiger partial charge in [-0.2, -0.15) is 18.1 Å². The molecular formula is C25H26OU. The van der Waals surface area contributed by atoms with Gasteiger partial charge in [0.25, 0.3) is 0 Å². The van der Waals surface area contributed by atoms with Crippen LogP contribution in [0.2, 0.25) is 0 Å². The number of aryl methyl sites for hydroxylation is 1. The fraction of sp³-hybridized carbons (Fsp3) is 0.280. The maximum atomic E-state index is 10.7. The maximum Gasteiger partial charge on any atom is 2.00 e. The molecule has 0 amide bonds. The van der Waals surface area contributed by atoms with E-state index in [0.717, 1.165) is 29.5 Å². The number of aromatic hydroxyl groups is 1. The first kappa shape index (κ1) is 21.8. The van der Waals surface area contributed by atoms with Crippen LogP contribution in [0.15, 0.2) is 54.6 Å². The van der Waals surface area contributed by atoms with Crippen LogP contribution >= 0.6 is 0 Å². The van der Waals surface area contributed by atoms with Crippen LogP contribution in [0.5, 0.6) is 5.75 Å². The van der Waals surface area contributed by atoms with E-state index < -0.39 is 0 Å². The van der Waals surface area contributed by atoms with E-state index in [2.05, 4.69) is 63.8 Å². The van der Waals surface area contributed by atoms with Crippen molar-refractivity contribution in [2.24, 2.45) is 5.92 Å². The van der Waals surface area contributed by atoms with Crippen molar-refractivity contribution in [3.05, 3.63) is 89.0 Å². The number of allylic oxidation sites excluding steroid dienone is 4. The van der Waals surface area contributed by atoms with Crippen molar-refractivity contribution in [1.29, 1.82) is 0 Å². The molecule has 1 N–H and O–H groups in total. The molecule has 0 saturated heterocycles. The summed E-state index contributed by atoms with van der Waals surface area (Å²) in [6.07, 6.45) is 9.62. The Morgan fingerprint density at radius 3 is 2.70 bits per heavy atom. The molecule has 1 nitrogen and oxygen atoms in total. The molecule has 0 heterocycles. The van der Waals surface area contributed by atoms with Crippen molar-refractivity contribution < 1.29 is 36.2 Å². The average molecular weight is 581 g/mol. The van der Waals surface area contributed by atoms with Crippen molar-refractivity contribution >= 4 is 11.6 Å². The van der Waals surface area contributed by atoms with Gasteiger partial charge >= 0.3 is 31.1 Å². The fourth-order valence-corrected chi connectivity index (χ4v) is 3.64. The summed E-state index contributed by atoms with van der Waals surface area (Å²) in [4.78, 5) is 0. The fourth-order valence-electron chi connectivity index (χ4n) is 3.64. The summed E-state index contributed by atoms with van der Waals surface area (Å²) in [5.41, 5.74) is 6.74. The van der Waals surface area contributed by atoms with Crippen molar-refractivity contribution in [2.45, 2.75) is 39.5 Å². The largest absolute Gasteiger partial charge is 2.00 e. The summed E-state index contributed by atoms with van der Waals surface area (Å²) in [5.74, 6) is 0.641. The van der Waals surface area contributed by atoms with E-state index in [1.165, 1.54) is 16.7 Å². The average Bonchev–Trinajstić information content (AvgIpc) is 2.63. The minimum Gasteiger partial charge on any atom is -0.565 e. The van der Waals surface area contributed by atoms with Gasteiger partial charge in [-0.25, -0.2) is 0 Å². The first-order valence-electron chi connectivity index (χ1n) is 9.18. The van der Waals surface area contributed by atoms with E-state index in [9.17, 15) is 5.11 Å². The predicted octanol–water partition coefficient (Wildman–Crippen LogP) is 6.49. The van der Waals surface area contributed by atoms with Crippen molar-refractivity contribution in [3.63, 3.8) is 0 Å². The summed E-state index contributed by atoms with van der Waals surface area (Å²) >= 11 is 0. The van der Waals surface area contributed by atoms with E-state index in [1.807, 2.05) is 24.3 Å². The topological polar surface area (TPSA) is 20.2 Å². The number of hydrogen-bond donors (Lipinski definition) is 1. The quantitative estimate of drug-likeness (QED) is 0.249. The number of rotatable bonds is 4. The molecule has 2 heteroatoms. The van der Waals surface area contributed by atoms with Crippen LogP contribution in [0.4, 0.5) is 0 Å². The van der Waals surface area contributed by atoms with Gasteiger partial charge in [0.15, 0.2) is 0 Å². The second-order valence-corrected chi connectivity index (χ2v) is 7.26. The van der Waals surface area contributed by atoms with Gasteiger partial charge in [0, 0.05) is 5.75 Å². The number of benzene rings is 2. The standard InChI is InChI=1S/C25H26O.U/c1-5-20-11-10-17(2)14-24(20)23-13-12-22(16-25(23)26)19(4)15-21-9-7-6-8-18(21)3;/h6-9,12,14-16,20,24,26H,1,10-11H2,2-4H3;/q-2;+2/b19-15+;. The molecule has 0 aromatic heterocycles. The smallest absolute Gasteiger partial charge is 0.565 e. The summed E-state index contributed by atoms with van der Waals surface area (Å²) in [6.45, 7) is 10.2. The molecule has 1 aliphatic rings. The van der Waals surface area contributed by atoms with Gasteiger partial charge in [-0.3, -0.25) is 6.58 Å². The third-order valence-corrected chi connectivity index (χ3v) is 5.31. The molecule has 27 heavy (non-hydrogen) atoms. The zero-order valence-corrected chi connectivity index (χ0v) is 20.5. The minimum absolute atomic E-state index is 0. The monoisotopic (exact) mass is 580 g/mol. The zero-order valence-electron chi connectivity index (χ0n) is 16.3. The Bertz CT molecular complexity index is 876. The molecule has 0 bridgehead atoms. The molecule has 136 valence electrons. The summed E-state index contributed by atoms with van der Waals surface area (Å²) in [6, 6.07) is 15.5. The summed E-state index contributed by atoms with van der Waals surface area (Å²) < 4.78 is 0. The van der Waals surface area contributed by atoms with Gasteiger partial charge in [0.2, 0.25) is 0 Å². The molecule has 0 aliphatic heterocycles. The molecule has 0 radical (unpaired) electrons. The number of hydrogen-bond acceptors (Lipinski definition) is 1. The third kappa shape index (κ3) is 5.07. The van der Waals surface area contributed by atoms with E-state index >= 15 is 0 Å². The molecule has 0 fully saturated rings. The van der Waals surface area contributed by atoms with Gasteiger partial charge in [-0.05, 0) is 37.3 Å². The molecule has 0 saturated carbocycles. The zero-order chi connectivity index (χ0) is 18.7. The molecular weight excluding hydrogens is 554 g/mol. The predicted molar refractivity (Wildman–Crippen MR) is 110 cm³/mol. The van der Waals surface area contributed by atoms with Gasteiger partial charge in [0.05, 0.1) is 0 Å². The third-order valence-electron chi connectivity index (χ3n) is 5.31. The Hall–Kier alpha value is -1.49. The molecule has 3 rings (SSSR count). The second kappa shape index (κ2) is 9.63. The van der Waals surface area contributed by atoms with E-state index in [-0.39, 0.29) is 42.9 Å². The van der Waals surface area contributed by atoms with Crippen molar-refractivity contribution in [2.75, 3.05) is 0 Å². The Labute approximate surface area is 187 Å². The Morgan fingerprint density at radius 1 is 1.30 bits per heavy atom. The van der Waals surface area contributed by atoms with Crippen LogP contribution in [-0.2, 0) is 0 Å². The van der Waals surface area contributed by atoms with Crippen LogP contribution in [0.1, 0.15) is 54.9 Å². The molecule has 2 aromatic carbocycles. The molecule has 1 aliphatic carbocycles. The van der Waals surface area contributed by atoms with Crippen molar-refractivity contribution in [3.8, 4) is 5.75 Å². The molecule has 2 atom stereocenters. The van der Waals surface area contributed by atoms with Gasteiger partial charge in [0.1, 0.15) is 0 Å². The van der Waals surface area contributed by atoms with Gasteiger partial charge in [-0.1, -0.05) is 60.9 Å². The summed E-state index contributed by atoms with van der Waals surface area (Å²) in [7, 11) is 0. The first-order valence-corrected chi connectivity index (χ1v) is 9.18. The van der Waals surface area contributed by atoms with Gasteiger partial charge in [-0.15, -0.1) is 17.2 Å². The Balaban J connectivity index is 0.00000261. The van der Waals surface area contributed by atoms with Crippen LogP contribution in [0, 0.1) is 56.1 Å². The Kier molecular flexibility index (Phi) is 7.78. The SMILES string of the molecule is C=[C-]C1CCC(C)=CC1c1[c-]cc(/C(C)=C/c2ccccc2C)cc1O.[U+2]. The number of phenolic OH excluding ortho intramolecular Hbond substituents is 1. The number of phenols is 1. The van der Waals surface area contributed by atoms with E-state index in [0.29, 0.717) is 5.75 Å². The molecule has 2 aromatic rings. The van der Waals surface area contributed by atoms with Gasteiger partial charge < -0.3 is 11.2 Å². The second-order valence-electron chi connectivity index (χ2n) is 7.26. The molecule has 0 spiro atoms.